The molecule has 0 fully saturated rings. The van der Waals surface area contributed by atoms with Gasteiger partial charge in [0.25, 0.3) is 0 Å². The normalized spacial score (nSPS) is 14.4. The SMILES string of the molecule is CCCCC(CC)COC(=O)CC(SOC)C(=O)OCC(CC)CCCC. The summed E-state index contributed by atoms with van der Waals surface area (Å²) in [6.07, 6.45) is 8.61. The van der Waals surface area contributed by atoms with E-state index in [9.17, 15) is 9.59 Å². The molecule has 0 N–H and O–H groups in total. The molecule has 0 bridgehead atoms. The van der Waals surface area contributed by atoms with Gasteiger partial charge in [-0.15, -0.1) is 0 Å². The van der Waals surface area contributed by atoms with Crippen LogP contribution >= 0.6 is 12.0 Å². The second-order valence-corrected chi connectivity index (χ2v) is 8.20. The lowest BCUT2D eigenvalue weighted by atomic mass is 10.0. The first-order chi connectivity index (χ1) is 13.0. The first-order valence-electron chi connectivity index (χ1n) is 10.5. The Balaban J connectivity index is 4.42. The van der Waals surface area contributed by atoms with E-state index in [0.29, 0.717) is 25.0 Å². The molecule has 0 saturated heterocycles. The third-order valence-corrected chi connectivity index (χ3v) is 5.64. The first kappa shape index (κ1) is 26.2. The molecule has 0 saturated carbocycles. The van der Waals surface area contributed by atoms with Crippen LogP contribution in [-0.2, 0) is 23.2 Å². The van der Waals surface area contributed by atoms with Gasteiger partial charge in [-0.3, -0.25) is 9.59 Å². The predicted molar refractivity (Wildman–Crippen MR) is 112 cm³/mol. The zero-order chi connectivity index (χ0) is 20.5. The standard InChI is InChI=1S/C21H40O5S/c1-6-10-12-17(8-3)15-25-20(22)14-19(27-24-5)21(23)26-16-18(9-4)13-11-7-2/h17-19H,6-16H2,1-5H3. The lowest BCUT2D eigenvalue weighted by molar-refractivity contribution is -0.151. The monoisotopic (exact) mass is 404 g/mol. The van der Waals surface area contributed by atoms with Gasteiger partial charge in [-0.2, -0.15) is 0 Å². The molecule has 0 rings (SSSR count). The van der Waals surface area contributed by atoms with Crippen LogP contribution in [0.15, 0.2) is 0 Å². The molecule has 0 radical (unpaired) electrons. The number of esters is 2. The number of hydrogen-bond acceptors (Lipinski definition) is 6. The molecule has 3 atom stereocenters. The predicted octanol–water partition coefficient (Wildman–Crippen LogP) is 5.56. The fraction of sp³-hybridized carbons (Fsp3) is 0.905. The van der Waals surface area contributed by atoms with E-state index in [2.05, 4.69) is 27.7 Å². The Morgan fingerprint density at radius 1 is 0.852 bits per heavy atom. The van der Waals surface area contributed by atoms with Crippen LogP contribution in [0.5, 0.6) is 0 Å². The van der Waals surface area contributed by atoms with Gasteiger partial charge in [0.15, 0.2) is 0 Å². The van der Waals surface area contributed by atoms with Crippen LogP contribution in [0, 0.1) is 11.8 Å². The van der Waals surface area contributed by atoms with E-state index in [4.69, 9.17) is 13.7 Å². The summed E-state index contributed by atoms with van der Waals surface area (Å²) in [7, 11) is 1.49. The molecule has 6 heteroatoms. The summed E-state index contributed by atoms with van der Waals surface area (Å²) in [6.45, 7) is 9.35. The molecule has 3 unspecified atom stereocenters. The maximum atomic E-state index is 12.4. The van der Waals surface area contributed by atoms with Crippen LogP contribution < -0.4 is 0 Å². The van der Waals surface area contributed by atoms with Gasteiger partial charge in [-0.1, -0.05) is 66.2 Å². The van der Waals surface area contributed by atoms with Crippen molar-refractivity contribution in [1.29, 1.82) is 0 Å². The molecule has 5 nitrogen and oxygen atoms in total. The van der Waals surface area contributed by atoms with Gasteiger partial charge in [-0.05, 0) is 24.7 Å². The summed E-state index contributed by atoms with van der Waals surface area (Å²) >= 11 is 0.968. The second-order valence-electron chi connectivity index (χ2n) is 7.10. The maximum absolute atomic E-state index is 12.4. The Labute approximate surface area is 170 Å². The minimum Gasteiger partial charge on any atom is -0.465 e. The molecule has 0 aliphatic carbocycles. The van der Waals surface area contributed by atoms with Crippen LogP contribution in [0.1, 0.15) is 85.5 Å². The Morgan fingerprint density at radius 3 is 1.81 bits per heavy atom. The van der Waals surface area contributed by atoms with E-state index in [1.165, 1.54) is 7.11 Å². The van der Waals surface area contributed by atoms with Crippen molar-refractivity contribution in [2.75, 3.05) is 20.3 Å². The number of carbonyl (C=O) groups is 2. The third kappa shape index (κ3) is 13.1. The van der Waals surface area contributed by atoms with Crippen LogP contribution in [0.2, 0.25) is 0 Å². The van der Waals surface area contributed by atoms with E-state index in [0.717, 1.165) is 63.4 Å². The average Bonchev–Trinajstić information content (AvgIpc) is 2.67. The van der Waals surface area contributed by atoms with Crippen molar-refractivity contribution in [3.8, 4) is 0 Å². The van der Waals surface area contributed by atoms with Crippen LogP contribution in [0.3, 0.4) is 0 Å². The van der Waals surface area contributed by atoms with Gasteiger partial charge in [0.05, 0.1) is 26.7 Å². The molecule has 0 aliphatic heterocycles. The Kier molecular flexibility index (Phi) is 16.9. The lowest BCUT2D eigenvalue weighted by Gasteiger charge is -2.19. The molecule has 0 aliphatic rings. The summed E-state index contributed by atoms with van der Waals surface area (Å²) in [5.41, 5.74) is 0. The fourth-order valence-electron chi connectivity index (χ4n) is 2.78. The highest BCUT2D eigenvalue weighted by molar-refractivity contribution is 7.96. The van der Waals surface area contributed by atoms with Gasteiger partial charge in [-0.25, -0.2) is 0 Å². The molecule has 0 spiro atoms. The van der Waals surface area contributed by atoms with Crippen molar-refractivity contribution in [3.05, 3.63) is 0 Å². The molecule has 0 aromatic heterocycles. The maximum Gasteiger partial charge on any atom is 0.322 e. The Morgan fingerprint density at radius 2 is 1.37 bits per heavy atom. The molecule has 0 amide bonds. The minimum absolute atomic E-state index is 0.0205. The molecule has 0 aromatic carbocycles. The van der Waals surface area contributed by atoms with Gasteiger partial charge in [0, 0.05) is 12.0 Å². The highest BCUT2D eigenvalue weighted by Crippen LogP contribution is 2.20. The van der Waals surface area contributed by atoms with Crippen molar-refractivity contribution < 1.29 is 23.2 Å². The molecule has 160 valence electrons. The largest absolute Gasteiger partial charge is 0.465 e. The van der Waals surface area contributed by atoms with Gasteiger partial charge in [0.2, 0.25) is 0 Å². The zero-order valence-electron chi connectivity index (χ0n) is 18.0. The second kappa shape index (κ2) is 17.4. The van der Waals surface area contributed by atoms with Crippen molar-refractivity contribution >= 4 is 24.0 Å². The fourth-order valence-corrected chi connectivity index (χ4v) is 3.37. The van der Waals surface area contributed by atoms with Crippen LogP contribution in [-0.4, -0.2) is 37.5 Å². The average molecular weight is 405 g/mol. The van der Waals surface area contributed by atoms with Crippen molar-refractivity contribution in [3.63, 3.8) is 0 Å². The number of hydrogen-bond donors (Lipinski definition) is 0. The minimum atomic E-state index is -0.679. The van der Waals surface area contributed by atoms with Gasteiger partial charge in [0.1, 0.15) is 5.25 Å². The van der Waals surface area contributed by atoms with Crippen LogP contribution in [0.25, 0.3) is 0 Å². The summed E-state index contributed by atoms with van der Waals surface area (Å²) in [5, 5.41) is -0.679. The van der Waals surface area contributed by atoms with E-state index in [1.54, 1.807) is 0 Å². The van der Waals surface area contributed by atoms with Crippen LogP contribution in [0.4, 0.5) is 0 Å². The summed E-state index contributed by atoms with van der Waals surface area (Å²) in [6, 6.07) is 0. The summed E-state index contributed by atoms with van der Waals surface area (Å²) < 4.78 is 15.9. The molecule has 0 heterocycles. The number of unbranched alkanes of at least 4 members (excludes halogenated alkanes) is 2. The zero-order valence-corrected chi connectivity index (χ0v) is 18.8. The summed E-state index contributed by atoms with van der Waals surface area (Å²) in [4.78, 5) is 24.5. The summed E-state index contributed by atoms with van der Waals surface area (Å²) in [5.74, 6) is -0.00238. The van der Waals surface area contributed by atoms with E-state index in [1.807, 2.05) is 0 Å². The third-order valence-electron chi connectivity index (χ3n) is 4.86. The Hall–Kier alpha value is -0.750. The van der Waals surface area contributed by atoms with Gasteiger partial charge < -0.3 is 13.7 Å². The van der Waals surface area contributed by atoms with Gasteiger partial charge >= 0.3 is 11.9 Å². The van der Waals surface area contributed by atoms with E-state index < -0.39 is 11.2 Å². The first-order valence-corrected chi connectivity index (χ1v) is 11.3. The number of carbonyl (C=O) groups excluding carboxylic acids is 2. The van der Waals surface area contributed by atoms with Crippen molar-refractivity contribution in [2.24, 2.45) is 11.8 Å². The molecule has 0 aromatic rings. The quantitative estimate of drug-likeness (QED) is 0.234. The Bertz CT molecular complexity index is 389. The molecular formula is C21H40O5S. The van der Waals surface area contributed by atoms with E-state index in [-0.39, 0.29) is 12.4 Å². The molecule has 27 heavy (non-hydrogen) atoms. The highest BCUT2D eigenvalue weighted by Gasteiger charge is 2.26. The van der Waals surface area contributed by atoms with Crippen molar-refractivity contribution in [1.82, 2.24) is 0 Å². The lowest BCUT2D eigenvalue weighted by Crippen LogP contribution is -2.27. The number of rotatable bonds is 17. The number of ether oxygens (including phenoxy) is 2. The van der Waals surface area contributed by atoms with Crippen molar-refractivity contribution in [2.45, 2.75) is 90.7 Å². The topological polar surface area (TPSA) is 61.8 Å². The smallest absolute Gasteiger partial charge is 0.322 e. The molecular weight excluding hydrogens is 364 g/mol. The van der Waals surface area contributed by atoms with E-state index >= 15 is 0 Å². The highest BCUT2D eigenvalue weighted by atomic mass is 32.2.